The fraction of sp³-hybridized carbons (Fsp3) is 0.410. The van der Waals surface area contributed by atoms with Gasteiger partial charge in [0.25, 0.3) is 0 Å². The lowest BCUT2D eigenvalue weighted by atomic mass is 9.81. The highest BCUT2D eigenvalue weighted by molar-refractivity contribution is 6.01. The highest BCUT2D eigenvalue weighted by atomic mass is 16.5. The summed E-state index contributed by atoms with van der Waals surface area (Å²) in [6.07, 6.45) is 9.42. The number of fused-ring (bicyclic) bond motifs is 1. The van der Waals surface area contributed by atoms with Crippen molar-refractivity contribution in [3.8, 4) is 0 Å². The third-order valence-corrected chi connectivity index (χ3v) is 9.92. The van der Waals surface area contributed by atoms with Gasteiger partial charge in [-0.2, -0.15) is 0 Å². The number of hydrogen-bond donors (Lipinski definition) is 2. The molecule has 0 radical (unpaired) electrons. The van der Waals surface area contributed by atoms with Gasteiger partial charge in [0.1, 0.15) is 18.2 Å². The zero-order valence-electron chi connectivity index (χ0n) is 27.2. The predicted molar refractivity (Wildman–Crippen MR) is 184 cm³/mol. The zero-order valence-corrected chi connectivity index (χ0v) is 27.2. The Kier molecular flexibility index (Phi) is 10.7. The second-order valence-corrected chi connectivity index (χ2v) is 13.0. The number of piperazine rings is 1. The number of piperidine rings is 1. The number of aromatic amines is 1. The van der Waals surface area contributed by atoms with E-state index in [-0.39, 0.29) is 24.8 Å². The van der Waals surface area contributed by atoms with E-state index in [9.17, 15) is 14.4 Å². The number of nitrogens with zero attached hydrogens (tertiary/aromatic N) is 2. The number of rotatable bonds is 14. The van der Waals surface area contributed by atoms with Crippen LogP contribution < -0.4 is 5.32 Å². The molecule has 1 spiro atoms. The molecule has 2 saturated heterocycles. The molecule has 2 aliphatic heterocycles. The van der Waals surface area contributed by atoms with Crippen LogP contribution in [0.3, 0.4) is 0 Å². The van der Waals surface area contributed by atoms with E-state index >= 15 is 0 Å². The number of para-hydroxylation sites is 1. The first-order chi connectivity index (χ1) is 23.0. The largest absolute Gasteiger partial charge is 0.461 e. The van der Waals surface area contributed by atoms with Gasteiger partial charge in [0.2, 0.25) is 11.8 Å². The Morgan fingerprint density at radius 1 is 0.787 bits per heavy atom. The van der Waals surface area contributed by atoms with Gasteiger partial charge in [-0.25, -0.2) is 0 Å². The summed E-state index contributed by atoms with van der Waals surface area (Å²) in [4.78, 5) is 48.4. The Bertz CT molecular complexity index is 1630. The lowest BCUT2D eigenvalue weighted by molar-refractivity contribution is -0.163. The Morgan fingerprint density at radius 3 is 2.23 bits per heavy atom. The van der Waals surface area contributed by atoms with Crippen molar-refractivity contribution in [3.05, 3.63) is 108 Å². The zero-order chi connectivity index (χ0) is 32.5. The monoisotopic (exact) mass is 634 g/mol. The van der Waals surface area contributed by atoms with Crippen LogP contribution in [0.2, 0.25) is 0 Å². The number of likely N-dealkylation sites (tertiary alicyclic amines) is 1. The van der Waals surface area contributed by atoms with Gasteiger partial charge in [-0.15, -0.1) is 0 Å². The van der Waals surface area contributed by atoms with Crippen molar-refractivity contribution in [3.63, 3.8) is 0 Å². The number of carbonyl (C=O) groups is 3. The Hall–Kier alpha value is -4.43. The van der Waals surface area contributed by atoms with E-state index in [1.54, 1.807) is 4.90 Å². The molecule has 3 heterocycles. The number of ether oxygens (including phenoxy) is 1. The maximum absolute atomic E-state index is 14.1. The fourth-order valence-electron chi connectivity index (χ4n) is 7.18. The summed E-state index contributed by atoms with van der Waals surface area (Å²) >= 11 is 0. The second-order valence-electron chi connectivity index (χ2n) is 13.0. The van der Waals surface area contributed by atoms with Gasteiger partial charge in [-0.1, -0.05) is 91.7 Å². The predicted octanol–water partition coefficient (Wildman–Crippen LogP) is 5.81. The van der Waals surface area contributed by atoms with Crippen LogP contribution in [0.5, 0.6) is 0 Å². The molecule has 2 fully saturated rings. The van der Waals surface area contributed by atoms with Crippen molar-refractivity contribution < 1.29 is 19.1 Å². The quantitative estimate of drug-likeness (QED) is 0.135. The first-order valence-electron chi connectivity index (χ1n) is 17.2. The molecule has 1 aromatic heterocycles. The molecule has 8 heteroatoms. The molecule has 47 heavy (non-hydrogen) atoms. The molecule has 1 unspecified atom stereocenters. The summed E-state index contributed by atoms with van der Waals surface area (Å²) in [6.45, 7) is 3.06. The molecular formula is C39H46N4O4. The van der Waals surface area contributed by atoms with E-state index in [1.807, 2.05) is 54.7 Å². The lowest BCUT2D eigenvalue weighted by Crippen LogP contribution is -2.73. The van der Waals surface area contributed by atoms with Crippen molar-refractivity contribution in [2.45, 2.75) is 76.0 Å². The third-order valence-electron chi connectivity index (χ3n) is 9.92. The van der Waals surface area contributed by atoms with Crippen LogP contribution in [-0.2, 0) is 38.6 Å². The molecule has 2 aliphatic rings. The van der Waals surface area contributed by atoms with E-state index in [1.165, 1.54) is 24.8 Å². The Labute approximate surface area is 277 Å². The summed E-state index contributed by atoms with van der Waals surface area (Å²) < 4.78 is 5.48. The van der Waals surface area contributed by atoms with Crippen LogP contribution in [0.25, 0.3) is 10.9 Å². The Balaban J connectivity index is 1.07. The number of aryl methyl sites for hydroxylation is 1. The summed E-state index contributed by atoms with van der Waals surface area (Å²) in [5, 5.41) is 4.07. The van der Waals surface area contributed by atoms with Crippen LogP contribution in [0, 0.1) is 0 Å². The molecule has 4 aromatic rings. The van der Waals surface area contributed by atoms with Crippen molar-refractivity contribution in [2.24, 2.45) is 0 Å². The van der Waals surface area contributed by atoms with Crippen LogP contribution in [0.1, 0.15) is 61.6 Å². The molecule has 3 aromatic carbocycles. The number of hydrogen-bond acceptors (Lipinski definition) is 5. The van der Waals surface area contributed by atoms with Crippen molar-refractivity contribution in [2.75, 3.05) is 26.2 Å². The van der Waals surface area contributed by atoms with Crippen molar-refractivity contribution in [1.29, 1.82) is 0 Å². The summed E-state index contributed by atoms with van der Waals surface area (Å²) in [5.74, 6) is -0.857. The fourth-order valence-corrected chi connectivity index (χ4v) is 7.18. The molecule has 0 aliphatic carbocycles. The van der Waals surface area contributed by atoms with E-state index in [0.717, 1.165) is 54.5 Å². The van der Waals surface area contributed by atoms with Gasteiger partial charge >= 0.3 is 5.97 Å². The minimum absolute atomic E-state index is 0.131. The smallest absolute Gasteiger partial charge is 0.308 e. The molecule has 8 nitrogen and oxygen atoms in total. The minimum atomic E-state index is -0.937. The highest BCUT2D eigenvalue weighted by Crippen LogP contribution is 2.34. The van der Waals surface area contributed by atoms with Crippen molar-refractivity contribution >= 4 is 28.7 Å². The van der Waals surface area contributed by atoms with Crippen LogP contribution in [0.4, 0.5) is 0 Å². The van der Waals surface area contributed by atoms with Gasteiger partial charge in [-0.05, 0) is 67.8 Å². The molecule has 6 rings (SSSR count). The number of aromatic nitrogens is 1. The number of unbranched alkanes of at least 4 members (excludes halogenated alkanes) is 3. The van der Waals surface area contributed by atoms with Crippen LogP contribution >= 0.6 is 0 Å². The Morgan fingerprint density at radius 2 is 1.47 bits per heavy atom. The molecular weight excluding hydrogens is 588 g/mol. The van der Waals surface area contributed by atoms with Gasteiger partial charge in [0.05, 0.1) is 6.42 Å². The van der Waals surface area contributed by atoms with E-state index in [2.05, 4.69) is 51.6 Å². The number of esters is 1. The summed E-state index contributed by atoms with van der Waals surface area (Å²) in [5.41, 5.74) is 3.51. The van der Waals surface area contributed by atoms with E-state index in [4.69, 9.17) is 4.74 Å². The normalized spacial score (nSPS) is 18.0. The van der Waals surface area contributed by atoms with Gasteiger partial charge in [-0.3, -0.25) is 14.4 Å². The van der Waals surface area contributed by atoms with E-state index < -0.39 is 17.6 Å². The molecule has 0 bridgehead atoms. The maximum Gasteiger partial charge on any atom is 0.308 e. The SMILES string of the molecule is O=C(CC1NC(=O)C2(CCN(CCCCCCc3ccccc3)CC2)N(CCc2c[nH]c3ccccc23)C1=O)OCc1ccccc1. The second kappa shape index (κ2) is 15.4. The van der Waals surface area contributed by atoms with Crippen LogP contribution in [0.15, 0.2) is 91.1 Å². The average Bonchev–Trinajstić information content (AvgIpc) is 3.52. The standard InChI is InChI=1S/C39H46N4O4/c44-36(47-29-31-16-8-4-9-17-31)27-35-37(45)43(24-20-32-28-40-34-19-11-10-18-33(32)34)39(38(46)41-35)21-25-42(26-22-39)23-12-2-1-5-13-30-14-6-3-7-15-30/h3-4,6-11,14-19,28,35,40H,1-2,5,12-13,20-27,29H2,(H,41,46). The minimum Gasteiger partial charge on any atom is -0.461 e. The topological polar surface area (TPSA) is 94.7 Å². The highest BCUT2D eigenvalue weighted by Gasteiger charge is 2.53. The number of benzene rings is 3. The number of amides is 2. The first kappa shape index (κ1) is 32.5. The molecule has 2 amide bonds. The summed E-state index contributed by atoms with van der Waals surface area (Å²) in [6, 6.07) is 27.3. The van der Waals surface area contributed by atoms with Gasteiger partial charge in [0.15, 0.2) is 0 Å². The lowest BCUT2D eigenvalue weighted by Gasteiger charge is -2.51. The van der Waals surface area contributed by atoms with Gasteiger partial charge < -0.3 is 24.8 Å². The number of nitrogens with one attached hydrogen (secondary N) is 2. The third kappa shape index (κ3) is 7.93. The first-order valence-corrected chi connectivity index (χ1v) is 17.2. The average molecular weight is 635 g/mol. The molecule has 246 valence electrons. The van der Waals surface area contributed by atoms with Crippen molar-refractivity contribution in [1.82, 2.24) is 20.1 Å². The molecule has 0 saturated carbocycles. The number of carbonyl (C=O) groups excluding carboxylic acids is 3. The maximum atomic E-state index is 14.1. The summed E-state index contributed by atoms with van der Waals surface area (Å²) in [7, 11) is 0. The van der Waals surface area contributed by atoms with Crippen LogP contribution in [-0.4, -0.2) is 70.3 Å². The van der Waals surface area contributed by atoms with Gasteiger partial charge in [0, 0.05) is 36.7 Å². The molecule has 2 N–H and O–H groups in total. The molecule has 1 atom stereocenters. The number of H-pyrrole nitrogens is 1. The van der Waals surface area contributed by atoms with E-state index in [0.29, 0.717) is 25.8 Å².